The van der Waals surface area contributed by atoms with Crippen LogP contribution in [0.15, 0.2) is 36.4 Å². The lowest BCUT2D eigenvalue weighted by Crippen LogP contribution is -2.41. The second-order valence-corrected chi connectivity index (χ2v) is 7.73. The van der Waals surface area contributed by atoms with Gasteiger partial charge < -0.3 is 10.1 Å². The van der Waals surface area contributed by atoms with Crippen LogP contribution in [0.2, 0.25) is 10.0 Å². The van der Waals surface area contributed by atoms with Crippen molar-refractivity contribution in [3.05, 3.63) is 63.1 Å². The summed E-state index contributed by atoms with van der Waals surface area (Å²) < 4.78 is 5.43. The zero-order valence-corrected chi connectivity index (χ0v) is 16.4. The molecule has 3 amide bonds. The van der Waals surface area contributed by atoms with Gasteiger partial charge in [-0.2, -0.15) is 0 Å². The average molecular weight is 419 g/mol. The van der Waals surface area contributed by atoms with Gasteiger partial charge in [-0.25, -0.2) is 4.79 Å². The van der Waals surface area contributed by atoms with Gasteiger partial charge in [0.15, 0.2) is 5.78 Å². The number of ether oxygens (including phenoxy) is 1. The van der Waals surface area contributed by atoms with Crippen LogP contribution in [-0.4, -0.2) is 35.8 Å². The molecule has 0 aromatic heterocycles. The Labute approximate surface area is 171 Å². The maximum absolute atomic E-state index is 13.0. The number of fused-ring (bicyclic) bond motifs is 1. The predicted octanol–water partition coefficient (Wildman–Crippen LogP) is 3.58. The molecule has 1 unspecified atom stereocenters. The number of Topliss-reactive ketones (excluding diaryl/α,β-unsaturated/α-hetero) is 1. The fourth-order valence-electron chi connectivity index (χ4n) is 3.44. The van der Waals surface area contributed by atoms with E-state index in [4.69, 9.17) is 27.9 Å². The van der Waals surface area contributed by atoms with E-state index in [0.717, 1.165) is 22.6 Å². The summed E-state index contributed by atoms with van der Waals surface area (Å²) in [6.07, 6.45) is 0.731. The van der Waals surface area contributed by atoms with E-state index in [1.165, 1.54) is 6.07 Å². The average Bonchev–Trinajstić information content (AvgIpc) is 3.22. The SMILES string of the molecule is CC1(c2ccc(Cl)c(Cl)c2)NC(=O)N(CC(=O)c2ccc3c(c2)CCO3)C1=O. The number of ketones is 1. The molecule has 1 fully saturated rings. The van der Waals surface area contributed by atoms with Gasteiger partial charge in [-0.3, -0.25) is 14.5 Å². The van der Waals surface area contributed by atoms with Crippen LogP contribution in [0.1, 0.15) is 28.4 Å². The summed E-state index contributed by atoms with van der Waals surface area (Å²) in [5.74, 6) is -0.0796. The van der Waals surface area contributed by atoms with Gasteiger partial charge in [0.1, 0.15) is 11.3 Å². The summed E-state index contributed by atoms with van der Waals surface area (Å²) in [4.78, 5) is 39.0. The minimum atomic E-state index is -1.32. The fourth-order valence-corrected chi connectivity index (χ4v) is 3.74. The van der Waals surface area contributed by atoms with Crippen LogP contribution in [0.25, 0.3) is 0 Å². The Balaban J connectivity index is 1.57. The van der Waals surface area contributed by atoms with E-state index in [9.17, 15) is 14.4 Å². The first-order valence-electron chi connectivity index (χ1n) is 8.68. The van der Waals surface area contributed by atoms with E-state index in [2.05, 4.69) is 5.32 Å². The van der Waals surface area contributed by atoms with Gasteiger partial charge in [0, 0.05) is 12.0 Å². The number of rotatable bonds is 4. The number of urea groups is 1. The first-order chi connectivity index (χ1) is 13.3. The van der Waals surface area contributed by atoms with Crippen molar-refractivity contribution in [1.29, 1.82) is 0 Å². The van der Waals surface area contributed by atoms with Crippen LogP contribution in [0.5, 0.6) is 5.75 Å². The first-order valence-corrected chi connectivity index (χ1v) is 9.44. The Morgan fingerprint density at radius 2 is 1.96 bits per heavy atom. The Morgan fingerprint density at radius 1 is 1.18 bits per heavy atom. The Hall–Kier alpha value is -2.57. The summed E-state index contributed by atoms with van der Waals surface area (Å²) in [6.45, 7) is 1.81. The summed E-state index contributed by atoms with van der Waals surface area (Å²) in [5, 5.41) is 3.28. The molecule has 2 aliphatic rings. The van der Waals surface area contributed by atoms with Crippen molar-refractivity contribution >= 4 is 40.9 Å². The second kappa shape index (κ2) is 6.79. The standard InChI is InChI=1S/C20H16Cl2N2O4/c1-20(13-3-4-14(21)15(22)9-13)18(26)24(19(27)23-20)10-16(25)11-2-5-17-12(8-11)6-7-28-17/h2-5,8-9H,6-7,10H2,1H3,(H,23,27). The lowest BCUT2D eigenvalue weighted by Gasteiger charge is -2.22. The summed E-state index contributed by atoms with van der Waals surface area (Å²) in [7, 11) is 0. The predicted molar refractivity (Wildman–Crippen MR) is 104 cm³/mol. The minimum Gasteiger partial charge on any atom is -0.493 e. The van der Waals surface area contributed by atoms with Crippen molar-refractivity contribution < 1.29 is 19.1 Å². The monoisotopic (exact) mass is 418 g/mol. The number of nitrogens with zero attached hydrogens (tertiary/aromatic N) is 1. The number of hydrogen-bond donors (Lipinski definition) is 1. The molecule has 2 heterocycles. The van der Waals surface area contributed by atoms with E-state index < -0.39 is 17.5 Å². The Morgan fingerprint density at radius 3 is 2.71 bits per heavy atom. The molecule has 1 N–H and O–H groups in total. The smallest absolute Gasteiger partial charge is 0.325 e. The highest BCUT2D eigenvalue weighted by molar-refractivity contribution is 6.42. The van der Waals surface area contributed by atoms with Crippen molar-refractivity contribution in [2.24, 2.45) is 0 Å². The molecule has 8 heteroatoms. The van der Waals surface area contributed by atoms with Crippen LogP contribution in [0, 0.1) is 0 Å². The number of carbonyl (C=O) groups is 3. The molecule has 1 saturated heterocycles. The highest BCUT2D eigenvalue weighted by Crippen LogP contribution is 2.33. The van der Waals surface area contributed by atoms with E-state index in [-0.39, 0.29) is 17.4 Å². The lowest BCUT2D eigenvalue weighted by molar-refractivity contribution is -0.130. The molecule has 0 radical (unpaired) electrons. The van der Waals surface area contributed by atoms with Gasteiger partial charge in [-0.15, -0.1) is 0 Å². The molecule has 2 aromatic rings. The molecule has 28 heavy (non-hydrogen) atoms. The van der Waals surface area contributed by atoms with Crippen molar-refractivity contribution in [3.63, 3.8) is 0 Å². The topological polar surface area (TPSA) is 75.7 Å². The Kier molecular flexibility index (Phi) is 4.56. The quantitative estimate of drug-likeness (QED) is 0.607. The van der Waals surface area contributed by atoms with Gasteiger partial charge in [0.2, 0.25) is 0 Å². The molecule has 0 spiro atoms. The molecule has 4 rings (SSSR count). The third kappa shape index (κ3) is 3.02. The van der Waals surface area contributed by atoms with Crippen LogP contribution in [-0.2, 0) is 16.8 Å². The summed E-state index contributed by atoms with van der Waals surface area (Å²) in [5.41, 5.74) is 0.554. The molecule has 2 aromatic carbocycles. The molecular formula is C20H16Cl2N2O4. The zero-order chi connectivity index (χ0) is 20.1. The summed E-state index contributed by atoms with van der Waals surface area (Å²) >= 11 is 12.0. The Bertz CT molecular complexity index is 1020. The molecule has 0 bridgehead atoms. The van der Waals surface area contributed by atoms with Gasteiger partial charge in [0.25, 0.3) is 5.91 Å². The van der Waals surface area contributed by atoms with Gasteiger partial charge in [-0.05, 0) is 48.4 Å². The zero-order valence-electron chi connectivity index (χ0n) is 14.9. The number of imide groups is 1. The van der Waals surface area contributed by atoms with E-state index in [0.29, 0.717) is 22.8 Å². The van der Waals surface area contributed by atoms with Crippen LogP contribution in [0.3, 0.4) is 0 Å². The highest BCUT2D eigenvalue weighted by atomic mass is 35.5. The second-order valence-electron chi connectivity index (χ2n) is 6.92. The first kappa shape index (κ1) is 18.8. The lowest BCUT2D eigenvalue weighted by atomic mass is 9.92. The largest absolute Gasteiger partial charge is 0.493 e. The van der Waals surface area contributed by atoms with Crippen LogP contribution in [0.4, 0.5) is 4.79 Å². The maximum Gasteiger partial charge on any atom is 0.325 e. The molecular weight excluding hydrogens is 403 g/mol. The fraction of sp³-hybridized carbons (Fsp3) is 0.250. The van der Waals surface area contributed by atoms with Gasteiger partial charge >= 0.3 is 6.03 Å². The van der Waals surface area contributed by atoms with Crippen molar-refractivity contribution in [2.75, 3.05) is 13.2 Å². The normalized spacial score (nSPS) is 20.8. The molecule has 1 atom stereocenters. The van der Waals surface area contributed by atoms with E-state index >= 15 is 0 Å². The number of halogens is 2. The molecule has 2 aliphatic heterocycles. The van der Waals surface area contributed by atoms with Crippen LogP contribution >= 0.6 is 23.2 Å². The maximum atomic E-state index is 13.0. The molecule has 144 valence electrons. The summed E-state index contributed by atoms with van der Waals surface area (Å²) in [6, 6.07) is 9.22. The molecule has 0 saturated carbocycles. The number of hydrogen-bond acceptors (Lipinski definition) is 4. The van der Waals surface area contributed by atoms with E-state index in [1.807, 2.05) is 0 Å². The molecule has 6 nitrogen and oxygen atoms in total. The number of nitrogens with one attached hydrogen (secondary N) is 1. The minimum absolute atomic E-state index is 0.275. The molecule has 0 aliphatic carbocycles. The van der Waals surface area contributed by atoms with Crippen molar-refractivity contribution in [3.8, 4) is 5.75 Å². The van der Waals surface area contributed by atoms with Crippen molar-refractivity contribution in [2.45, 2.75) is 18.9 Å². The van der Waals surface area contributed by atoms with Gasteiger partial charge in [0.05, 0.1) is 23.2 Å². The number of amides is 3. The third-order valence-corrected chi connectivity index (χ3v) is 5.82. The number of carbonyl (C=O) groups excluding carboxylic acids is 3. The number of benzene rings is 2. The van der Waals surface area contributed by atoms with E-state index in [1.54, 1.807) is 37.3 Å². The third-order valence-electron chi connectivity index (χ3n) is 5.09. The highest BCUT2D eigenvalue weighted by Gasteiger charge is 2.49. The van der Waals surface area contributed by atoms with Crippen LogP contribution < -0.4 is 10.1 Å². The van der Waals surface area contributed by atoms with Crippen molar-refractivity contribution in [1.82, 2.24) is 10.2 Å². The van der Waals surface area contributed by atoms with Gasteiger partial charge in [-0.1, -0.05) is 29.3 Å².